The van der Waals surface area contributed by atoms with Crippen molar-refractivity contribution in [3.63, 3.8) is 0 Å². The molecule has 1 aliphatic rings. The lowest BCUT2D eigenvalue weighted by molar-refractivity contribution is -0.136. The number of carbonyl (C=O) groups is 1. The second kappa shape index (κ2) is 6.57. The molecule has 4 heteroatoms. The zero-order valence-electron chi connectivity index (χ0n) is 11.3. The smallest absolute Gasteiger partial charge is 0.229 e. The number of hydrogen-bond donors (Lipinski definition) is 1. The molecule has 0 saturated heterocycles. The van der Waals surface area contributed by atoms with E-state index in [2.05, 4.69) is 0 Å². The monoisotopic (exact) mass is 263 g/mol. The summed E-state index contributed by atoms with van der Waals surface area (Å²) in [5, 5.41) is 8.87. The van der Waals surface area contributed by atoms with Crippen molar-refractivity contribution in [1.29, 1.82) is 0 Å². The Morgan fingerprint density at radius 3 is 3.00 bits per heavy atom. The molecule has 1 aromatic rings. The van der Waals surface area contributed by atoms with Gasteiger partial charge in [-0.1, -0.05) is 18.2 Å². The average molecular weight is 263 g/mol. The van der Waals surface area contributed by atoms with Crippen LogP contribution in [0.3, 0.4) is 0 Å². The molecule has 1 N–H and O–H groups in total. The molecule has 0 bridgehead atoms. The number of benzene rings is 1. The van der Waals surface area contributed by atoms with Gasteiger partial charge in [-0.05, 0) is 31.4 Å². The first kappa shape index (κ1) is 13.9. The van der Waals surface area contributed by atoms with Crippen LogP contribution in [0.15, 0.2) is 24.3 Å². The summed E-state index contributed by atoms with van der Waals surface area (Å²) in [6.07, 6.45) is 1.37. The molecule has 0 spiro atoms. The minimum absolute atomic E-state index is 0.103. The summed E-state index contributed by atoms with van der Waals surface area (Å²) < 4.78 is 5.66. The lowest BCUT2D eigenvalue weighted by atomic mass is 9.95. The van der Waals surface area contributed by atoms with Crippen LogP contribution in [0.2, 0.25) is 0 Å². The highest BCUT2D eigenvalue weighted by atomic mass is 16.5. The summed E-state index contributed by atoms with van der Waals surface area (Å²) in [5.41, 5.74) is 1.10. The Kier molecular flexibility index (Phi) is 4.80. The Labute approximate surface area is 114 Å². The molecule has 1 aromatic carbocycles. The van der Waals surface area contributed by atoms with E-state index < -0.39 is 0 Å². The maximum absolute atomic E-state index is 12.4. The van der Waals surface area contributed by atoms with E-state index in [1.807, 2.05) is 31.2 Å². The summed E-state index contributed by atoms with van der Waals surface area (Å²) in [5.74, 6) is 0.920. The molecular weight excluding hydrogens is 242 g/mol. The zero-order valence-corrected chi connectivity index (χ0v) is 11.3. The molecule has 1 aliphatic heterocycles. The summed E-state index contributed by atoms with van der Waals surface area (Å²) in [6, 6.07) is 7.87. The van der Waals surface area contributed by atoms with E-state index in [-0.39, 0.29) is 18.4 Å². The molecule has 0 fully saturated rings. The van der Waals surface area contributed by atoms with Crippen LogP contribution in [-0.2, 0) is 11.2 Å². The number of ether oxygens (including phenoxy) is 1. The molecule has 0 aliphatic carbocycles. The highest BCUT2D eigenvalue weighted by Gasteiger charge is 2.28. The topological polar surface area (TPSA) is 49.8 Å². The molecule has 1 unspecified atom stereocenters. The number of carbonyl (C=O) groups excluding carboxylic acids is 1. The number of rotatable bonds is 5. The van der Waals surface area contributed by atoms with Crippen LogP contribution in [0.5, 0.6) is 5.75 Å². The lowest BCUT2D eigenvalue weighted by Gasteiger charge is -2.29. The lowest BCUT2D eigenvalue weighted by Crippen LogP contribution is -2.41. The Balaban J connectivity index is 2.01. The number of para-hydroxylation sites is 1. The van der Waals surface area contributed by atoms with Gasteiger partial charge < -0.3 is 14.7 Å². The first-order valence-electron chi connectivity index (χ1n) is 6.86. The quantitative estimate of drug-likeness (QED) is 0.875. The minimum Gasteiger partial charge on any atom is -0.492 e. The molecule has 1 atom stereocenters. The van der Waals surface area contributed by atoms with Gasteiger partial charge in [0, 0.05) is 19.7 Å². The van der Waals surface area contributed by atoms with Crippen LogP contribution in [0, 0.1) is 5.92 Å². The first-order valence-corrected chi connectivity index (χ1v) is 6.86. The molecule has 4 nitrogen and oxygen atoms in total. The fourth-order valence-electron chi connectivity index (χ4n) is 2.43. The van der Waals surface area contributed by atoms with Crippen molar-refractivity contribution in [1.82, 2.24) is 4.90 Å². The molecule has 1 heterocycles. The second-order valence-corrected chi connectivity index (χ2v) is 4.81. The SMILES string of the molecule is CCN(CCCO)C(=O)C1COc2ccccc2C1. The van der Waals surface area contributed by atoms with Gasteiger partial charge in [-0.15, -0.1) is 0 Å². The van der Waals surface area contributed by atoms with E-state index in [1.54, 1.807) is 4.90 Å². The summed E-state index contributed by atoms with van der Waals surface area (Å²) in [4.78, 5) is 14.2. The van der Waals surface area contributed by atoms with Crippen molar-refractivity contribution < 1.29 is 14.6 Å². The molecule has 19 heavy (non-hydrogen) atoms. The van der Waals surface area contributed by atoms with Gasteiger partial charge in [-0.25, -0.2) is 0 Å². The Hall–Kier alpha value is -1.55. The van der Waals surface area contributed by atoms with Gasteiger partial charge in [-0.2, -0.15) is 0 Å². The highest BCUT2D eigenvalue weighted by molar-refractivity contribution is 5.79. The fraction of sp³-hybridized carbons (Fsp3) is 0.533. The van der Waals surface area contributed by atoms with E-state index in [1.165, 1.54) is 0 Å². The predicted molar refractivity (Wildman–Crippen MR) is 73.1 cm³/mol. The minimum atomic E-state index is -0.103. The van der Waals surface area contributed by atoms with Crippen molar-refractivity contribution >= 4 is 5.91 Å². The van der Waals surface area contributed by atoms with Gasteiger partial charge in [0.15, 0.2) is 0 Å². The van der Waals surface area contributed by atoms with Gasteiger partial charge in [0.2, 0.25) is 5.91 Å². The fourth-order valence-corrected chi connectivity index (χ4v) is 2.43. The van der Waals surface area contributed by atoms with Crippen LogP contribution >= 0.6 is 0 Å². The molecule has 0 radical (unpaired) electrons. The highest BCUT2D eigenvalue weighted by Crippen LogP contribution is 2.27. The maximum atomic E-state index is 12.4. The van der Waals surface area contributed by atoms with Crippen molar-refractivity contribution in [3.05, 3.63) is 29.8 Å². The second-order valence-electron chi connectivity index (χ2n) is 4.81. The van der Waals surface area contributed by atoms with Crippen molar-refractivity contribution in [2.75, 3.05) is 26.3 Å². The molecule has 1 amide bonds. The predicted octanol–water partition coefficient (Wildman–Crippen LogP) is 1.47. The zero-order chi connectivity index (χ0) is 13.7. The van der Waals surface area contributed by atoms with E-state index >= 15 is 0 Å². The number of amides is 1. The van der Waals surface area contributed by atoms with Gasteiger partial charge in [-0.3, -0.25) is 4.79 Å². The Morgan fingerprint density at radius 2 is 2.26 bits per heavy atom. The van der Waals surface area contributed by atoms with Crippen LogP contribution in [-0.4, -0.2) is 42.2 Å². The third kappa shape index (κ3) is 3.26. The van der Waals surface area contributed by atoms with Crippen molar-refractivity contribution in [3.8, 4) is 5.75 Å². The Bertz CT molecular complexity index is 433. The molecule has 2 rings (SSSR count). The van der Waals surface area contributed by atoms with E-state index in [0.717, 1.165) is 17.7 Å². The van der Waals surface area contributed by atoms with Gasteiger partial charge in [0.1, 0.15) is 12.4 Å². The van der Waals surface area contributed by atoms with Crippen LogP contribution in [0.25, 0.3) is 0 Å². The van der Waals surface area contributed by atoms with Crippen molar-refractivity contribution in [2.24, 2.45) is 5.92 Å². The van der Waals surface area contributed by atoms with Gasteiger partial charge >= 0.3 is 0 Å². The third-order valence-corrected chi connectivity index (χ3v) is 3.51. The Morgan fingerprint density at radius 1 is 1.47 bits per heavy atom. The number of hydrogen-bond acceptors (Lipinski definition) is 3. The number of fused-ring (bicyclic) bond motifs is 1. The van der Waals surface area contributed by atoms with E-state index in [4.69, 9.17) is 9.84 Å². The average Bonchev–Trinajstić information content (AvgIpc) is 2.47. The van der Waals surface area contributed by atoms with E-state index in [0.29, 0.717) is 26.1 Å². The summed E-state index contributed by atoms with van der Waals surface area (Å²) in [7, 11) is 0. The first-order chi connectivity index (χ1) is 9.26. The largest absolute Gasteiger partial charge is 0.492 e. The third-order valence-electron chi connectivity index (χ3n) is 3.51. The number of aliphatic hydroxyl groups excluding tert-OH is 1. The number of nitrogens with zero attached hydrogens (tertiary/aromatic N) is 1. The van der Waals surface area contributed by atoms with Crippen LogP contribution in [0.1, 0.15) is 18.9 Å². The van der Waals surface area contributed by atoms with Gasteiger partial charge in [0.25, 0.3) is 0 Å². The molecule has 104 valence electrons. The summed E-state index contributed by atoms with van der Waals surface area (Å²) in [6.45, 7) is 3.83. The van der Waals surface area contributed by atoms with Crippen LogP contribution < -0.4 is 4.74 Å². The summed E-state index contributed by atoms with van der Waals surface area (Å²) >= 11 is 0. The van der Waals surface area contributed by atoms with Gasteiger partial charge in [0.05, 0.1) is 5.92 Å². The van der Waals surface area contributed by atoms with E-state index in [9.17, 15) is 4.79 Å². The standard InChI is InChI=1S/C15H21NO3/c1-2-16(8-5-9-17)15(18)13-10-12-6-3-4-7-14(12)19-11-13/h3-4,6-7,13,17H,2,5,8-11H2,1H3. The number of aliphatic hydroxyl groups is 1. The van der Waals surface area contributed by atoms with Crippen molar-refractivity contribution in [2.45, 2.75) is 19.8 Å². The molecule has 0 saturated carbocycles. The van der Waals surface area contributed by atoms with Crippen LogP contribution in [0.4, 0.5) is 0 Å². The molecular formula is C15H21NO3. The maximum Gasteiger partial charge on any atom is 0.229 e. The normalized spacial score (nSPS) is 17.5. The molecule has 0 aromatic heterocycles.